The zero-order valence-corrected chi connectivity index (χ0v) is 16.9. The average Bonchev–Trinajstić information content (AvgIpc) is 2.62. The number of allylic oxidation sites excluding steroid dienone is 2. The largest absolute Gasteiger partial charge is 0.478 e. The van der Waals surface area contributed by atoms with Gasteiger partial charge in [-0.15, -0.1) is 0 Å². The van der Waals surface area contributed by atoms with Crippen molar-refractivity contribution in [2.24, 2.45) is 5.41 Å². The minimum absolute atomic E-state index is 0.135. The monoisotopic (exact) mass is 380 g/mol. The van der Waals surface area contributed by atoms with Crippen LogP contribution in [-0.2, 0) is 9.53 Å². The number of carbonyl (C=O) groups is 1. The van der Waals surface area contributed by atoms with Gasteiger partial charge in [-0.1, -0.05) is 56.0 Å². The highest BCUT2D eigenvalue weighted by Gasteiger charge is 2.47. The Morgan fingerprint density at radius 2 is 2.00 bits per heavy atom. The number of carboxylic acids is 1. The average molecular weight is 380 g/mol. The maximum Gasteiger partial charge on any atom is 0.328 e. The molecule has 0 saturated heterocycles. The van der Waals surface area contributed by atoms with Crippen molar-refractivity contribution in [1.29, 1.82) is 0 Å². The molecule has 2 rings (SSSR count). The second kappa shape index (κ2) is 9.05. The summed E-state index contributed by atoms with van der Waals surface area (Å²) in [6.45, 7) is 7.84. The van der Waals surface area contributed by atoms with Gasteiger partial charge >= 0.3 is 5.97 Å². The topological polar surface area (TPSA) is 66.8 Å². The van der Waals surface area contributed by atoms with Crippen LogP contribution in [-0.4, -0.2) is 34.5 Å². The summed E-state index contributed by atoms with van der Waals surface area (Å²) in [5.74, 6) is 5.09. The van der Waals surface area contributed by atoms with Gasteiger partial charge in [0.2, 0.25) is 0 Å². The summed E-state index contributed by atoms with van der Waals surface area (Å²) < 4.78 is 5.91. The van der Waals surface area contributed by atoms with Gasteiger partial charge in [0.05, 0.1) is 6.10 Å². The van der Waals surface area contributed by atoms with Crippen molar-refractivity contribution in [3.05, 3.63) is 71.3 Å². The number of aliphatic hydroxyl groups is 1. The Morgan fingerprint density at radius 3 is 2.61 bits per heavy atom. The van der Waals surface area contributed by atoms with E-state index in [9.17, 15) is 9.90 Å². The zero-order valence-electron chi connectivity index (χ0n) is 16.9. The second-order valence-electron chi connectivity index (χ2n) is 7.78. The van der Waals surface area contributed by atoms with Crippen LogP contribution < -0.4 is 0 Å². The van der Waals surface area contributed by atoms with Gasteiger partial charge < -0.3 is 14.9 Å². The fourth-order valence-corrected chi connectivity index (χ4v) is 3.42. The number of benzene rings is 1. The van der Waals surface area contributed by atoms with Crippen LogP contribution >= 0.6 is 0 Å². The van der Waals surface area contributed by atoms with E-state index in [4.69, 9.17) is 9.84 Å². The SMILES string of the molecule is CC1=C[C@@H](OCC#Cc2ccccc2)CC(C)(C)[C@@]1(O)/C=C/C(C)=C\C(=O)O. The molecule has 2 N–H and O–H groups in total. The van der Waals surface area contributed by atoms with Crippen LogP contribution in [0.1, 0.15) is 39.7 Å². The third-order valence-corrected chi connectivity index (χ3v) is 5.10. The first-order valence-electron chi connectivity index (χ1n) is 9.31. The third-order valence-electron chi connectivity index (χ3n) is 5.10. The molecule has 0 aliphatic heterocycles. The molecule has 0 aromatic heterocycles. The smallest absolute Gasteiger partial charge is 0.328 e. The molecular formula is C24H28O4. The molecule has 1 aliphatic carbocycles. The summed E-state index contributed by atoms with van der Waals surface area (Å²) in [6.07, 6.45) is 6.87. The van der Waals surface area contributed by atoms with Gasteiger partial charge in [-0.05, 0) is 49.6 Å². The lowest BCUT2D eigenvalue weighted by Gasteiger charge is -2.46. The second-order valence-corrected chi connectivity index (χ2v) is 7.78. The molecule has 1 aromatic carbocycles. The van der Waals surface area contributed by atoms with Crippen molar-refractivity contribution in [3.8, 4) is 11.8 Å². The molecule has 0 unspecified atom stereocenters. The molecule has 1 aliphatic rings. The molecule has 2 atom stereocenters. The van der Waals surface area contributed by atoms with E-state index < -0.39 is 17.0 Å². The van der Waals surface area contributed by atoms with Crippen molar-refractivity contribution in [3.63, 3.8) is 0 Å². The maximum absolute atomic E-state index is 11.3. The van der Waals surface area contributed by atoms with E-state index in [0.717, 1.165) is 17.2 Å². The molecule has 0 bridgehead atoms. The number of aliphatic carboxylic acids is 1. The first kappa shape index (κ1) is 21.7. The summed E-state index contributed by atoms with van der Waals surface area (Å²) in [6, 6.07) is 9.75. The fraction of sp³-hybridized carbons (Fsp3) is 0.375. The van der Waals surface area contributed by atoms with E-state index in [-0.39, 0.29) is 6.10 Å². The van der Waals surface area contributed by atoms with Crippen LogP contribution in [0.5, 0.6) is 0 Å². The number of rotatable bonds is 5. The summed E-state index contributed by atoms with van der Waals surface area (Å²) in [5, 5.41) is 20.1. The van der Waals surface area contributed by atoms with E-state index in [0.29, 0.717) is 18.6 Å². The van der Waals surface area contributed by atoms with Crippen LogP contribution in [0.15, 0.2) is 65.8 Å². The molecule has 0 amide bonds. The molecular weight excluding hydrogens is 352 g/mol. The van der Waals surface area contributed by atoms with Crippen LogP contribution in [0.4, 0.5) is 0 Å². The van der Waals surface area contributed by atoms with Crippen LogP contribution in [0.2, 0.25) is 0 Å². The summed E-state index contributed by atoms with van der Waals surface area (Å²) >= 11 is 0. The Bertz CT molecular complexity index is 850. The highest BCUT2D eigenvalue weighted by Crippen LogP contribution is 2.46. The molecule has 0 radical (unpaired) electrons. The van der Waals surface area contributed by atoms with Gasteiger partial charge in [0.1, 0.15) is 12.2 Å². The van der Waals surface area contributed by atoms with Crippen molar-refractivity contribution in [2.75, 3.05) is 6.61 Å². The normalized spacial score (nSPS) is 24.4. The van der Waals surface area contributed by atoms with Gasteiger partial charge in [0.15, 0.2) is 0 Å². The summed E-state index contributed by atoms with van der Waals surface area (Å²) in [4.78, 5) is 10.8. The molecule has 0 saturated carbocycles. The first-order chi connectivity index (χ1) is 13.1. The minimum atomic E-state index is -1.17. The molecule has 1 aromatic rings. The minimum Gasteiger partial charge on any atom is -0.478 e. The van der Waals surface area contributed by atoms with Gasteiger partial charge in [0.25, 0.3) is 0 Å². The highest BCUT2D eigenvalue weighted by atomic mass is 16.5. The lowest BCUT2D eigenvalue weighted by Crippen LogP contribution is -2.49. The predicted molar refractivity (Wildman–Crippen MR) is 111 cm³/mol. The highest BCUT2D eigenvalue weighted by molar-refractivity contribution is 5.81. The summed E-state index contributed by atoms with van der Waals surface area (Å²) in [7, 11) is 0. The molecule has 28 heavy (non-hydrogen) atoms. The Balaban J connectivity index is 2.10. The van der Waals surface area contributed by atoms with E-state index >= 15 is 0 Å². The van der Waals surface area contributed by atoms with Crippen molar-refractivity contribution in [2.45, 2.75) is 45.8 Å². The first-order valence-corrected chi connectivity index (χ1v) is 9.31. The molecule has 0 heterocycles. The van der Waals surface area contributed by atoms with Crippen molar-refractivity contribution >= 4 is 5.97 Å². The summed E-state index contributed by atoms with van der Waals surface area (Å²) in [5.41, 5.74) is 0.647. The standard InChI is InChI=1S/C24H28O4/c1-18(15-22(25)26)12-13-24(27)19(2)16-21(17-23(24,3)4)28-14-8-11-20-9-6-5-7-10-20/h5-7,9-10,12-13,15-16,21,27H,14,17H2,1-4H3,(H,25,26)/b13-12+,18-15-/t21-,24-/m1/s1. The Hall–Kier alpha value is -2.61. The van der Waals surface area contributed by atoms with Gasteiger partial charge in [-0.2, -0.15) is 0 Å². The lowest BCUT2D eigenvalue weighted by atomic mass is 9.64. The molecule has 0 fully saturated rings. The lowest BCUT2D eigenvalue weighted by molar-refractivity contribution is -0.131. The molecule has 4 heteroatoms. The maximum atomic E-state index is 11.3. The fourth-order valence-electron chi connectivity index (χ4n) is 3.42. The van der Waals surface area contributed by atoms with E-state index in [1.807, 2.05) is 57.2 Å². The van der Waals surface area contributed by atoms with E-state index in [1.54, 1.807) is 19.1 Å². The van der Waals surface area contributed by atoms with E-state index in [1.165, 1.54) is 0 Å². The predicted octanol–water partition coefficient (Wildman–Crippen LogP) is 4.12. The quantitative estimate of drug-likeness (QED) is 0.349. The van der Waals surface area contributed by atoms with Crippen LogP contribution in [0, 0.1) is 17.3 Å². The molecule has 148 valence electrons. The van der Waals surface area contributed by atoms with Crippen LogP contribution in [0.3, 0.4) is 0 Å². The third kappa shape index (κ3) is 5.45. The van der Waals surface area contributed by atoms with Gasteiger partial charge in [-0.25, -0.2) is 4.79 Å². The van der Waals surface area contributed by atoms with Crippen molar-refractivity contribution in [1.82, 2.24) is 0 Å². The molecule has 4 nitrogen and oxygen atoms in total. The number of hydrogen-bond donors (Lipinski definition) is 2. The molecule has 0 spiro atoms. The Kier molecular flexibility index (Phi) is 7.01. The zero-order chi connectivity index (χ0) is 20.8. The van der Waals surface area contributed by atoms with E-state index in [2.05, 4.69) is 11.8 Å². The number of ether oxygens (including phenoxy) is 1. The number of carboxylic acid groups (broad SMARTS) is 1. The van der Waals surface area contributed by atoms with Gasteiger partial charge in [0, 0.05) is 17.1 Å². The van der Waals surface area contributed by atoms with Crippen LogP contribution in [0.25, 0.3) is 0 Å². The van der Waals surface area contributed by atoms with Crippen molar-refractivity contribution < 1.29 is 19.7 Å². The Morgan fingerprint density at radius 1 is 1.32 bits per heavy atom. The number of hydrogen-bond acceptors (Lipinski definition) is 3. The van der Waals surface area contributed by atoms with Gasteiger partial charge in [-0.3, -0.25) is 0 Å². The Labute approximate surface area is 167 Å².